The third-order valence-corrected chi connectivity index (χ3v) is 4.04. The third-order valence-electron chi connectivity index (χ3n) is 4.04. The highest BCUT2D eigenvalue weighted by molar-refractivity contribution is 5.88. The van der Waals surface area contributed by atoms with Crippen LogP contribution in [-0.2, 0) is 16.1 Å². The number of rotatable bonds is 7. The van der Waals surface area contributed by atoms with Crippen molar-refractivity contribution in [1.82, 2.24) is 15.5 Å². The van der Waals surface area contributed by atoms with E-state index in [4.69, 9.17) is 0 Å². The van der Waals surface area contributed by atoms with Gasteiger partial charge in [0.25, 0.3) is 0 Å². The average molecular weight is 387 g/mol. The number of alkyl halides is 3. The molecule has 2 amide bonds. The Hall–Kier alpha value is -2.29. The summed E-state index contributed by atoms with van der Waals surface area (Å²) in [7, 11) is 0. The topological polar surface area (TPSA) is 70.7 Å². The van der Waals surface area contributed by atoms with E-state index in [-0.39, 0.29) is 30.5 Å². The Morgan fingerprint density at radius 3 is 2.81 bits per heavy atom. The maximum absolute atomic E-state index is 12.3. The van der Waals surface area contributed by atoms with Crippen LogP contribution in [0.25, 0.3) is 0 Å². The van der Waals surface area contributed by atoms with Crippen LogP contribution in [0, 0.1) is 5.92 Å². The molecule has 1 aliphatic rings. The molecule has 1 aromatic rings. The molecule has 6 nitrogen and oxygen atoms in total. The van der Waals surface area contributed by atoms with Crippen molar-refractivity contribution in [3.05, 3.63) is 29.8 Å². The second-order valence-electron chi connectivity index (χ2n) is 6.87. The minimum atomic E-state index is -4.77. The molecule has 0 radical (unpaired) electrons. The second kappa shape index (κ2) is 9.07. The van der Waals surface area contributed by atoms with Gasteiger partial charge >= 0.3 is 6.36 Å². The summed E-state index contributed by atoms with van der Waals surface area (Å²) in [6, 6.07) is 4.87. The Balaban J connectivity index is 1.91. The lowest BCUT2D eigenvalue weighted by Crippen LogP contribution is -2.57. The Bertz CT molecular complexity index is 665. The smallest absolute Gasteiger partial charge is 0.406 e. The normalized spacial score (nSPS) is 18.3. The number of benzene rings is 1. The van der Waals surface area contributed by atoms with Gasteiger partial charge in [-0.3, -0.25) is 14.5 Å². The van der Waals surface area contributed by atoms with Crippen LogP contribution in [0.1, 0.15) is 25.8 Å². The molecule has 2 rings (SSSR count). The largest absolute Gasteiger partial charge is 0.573 e. The van der Waals surface area contributed by atoms with Gasteiger partial charge in [0, 0.05) is 26.2 Å². The van der Waals surface area contributed by atoms with Gasteiger partial charge in [-0.05, 0) is 23.6 Å². The maximum atomic E-state index is 12.3. The van der Waals surface area contributed by atoms with E-state index in [9.17, 15) is 22.8 Å². The number of nitrogens with zero attached hydrogens (tertiary/aromatic N) is 1. The van der Waals surface area contributed by atoms with Crippen molar-refractivity contribution in [2.45, 2.75) is 39.2 Å². The van der Waals surface area contributed by atoms with Crippen molar-refractivity contribution >= 4 is 11.8 Å². The van der Waals surface area contributed by atoms with Crippen molar-refractivity contribution in [2.24, 2.45) is 5.92 Å². The number of amides is 2. The lowest BCUT2D eigenvalue weighted by atomic mass is 10.1. The zero-order valence-electron chi connectivity index (χ0n) is 15.3. The number of carbonyl (C=O) groups is 2. The van der Waals surface area contributed by atoms with Crippen molar-refractivity contribution < 1.29 is 27.5 Å². The van der Waals surface area contributed by atoms with Gasteiger partial charge in [0.2, 0.25) is 11.8 Å². The molecule has 1 aliphatic heterocycles. The Morgan fingerprint density at radius 1 is 1.41 bits per heavy atom. The van der Waals surface area contributed by atoms with E-state index in [1.165, 1.54) is 18.2 Å². The molecular weight excluding hydrogens is 363 g/mol. The molecule has 0 aromatic heterocycles. The first-order chi connectivity index (χ1) is 12.6. The molecule has 0 bridgehead atoms. The molecule has 2 N–H and O–H groups in total. The molecule has 1 saturated heterocycles. The van der Waals surface area contributed by atoms with E-state index < -0.39 is 12.4 Å². The molecule has 9 heteroatoms. The van der Waals surface area contributed by atoms with Crippen molar-refractivity contribution in [3.63, 3.8) is 0 Å². The van der Waals surface area contributed by atoms with Crippen molar-refractivity contribution in [1.29, 1.82) is 0 Å². The van der Waals surface area contributed by atoms with Gasteiger partial charge in [0.05, 0.1) is 12.5 Å². The van der Waals surface area contributed by atoms with Crippen molar-refractivity contribution in [2.75, 3.05) is 19.6 Å². The maximum Gasteiger partial charge on any atom is 0.573 e. The van der Waals surface area contributed by atoms with Crippen LogP contribution in [0.4, 0.5) is 13.2 Å². The molecule has 0 aliphatic carbocycles. The zero-order valence-corrected chi connectivity index (χ0v) is 15.3. The van der Waals surface area contributed by atoms with Gasteiger partial charge in [-0.1, -0.05) is 26.0 Å². The summed E-state index contributed by atoms with van der Waals surface area (Å²) in [6.07, 6.45) is -4.77. The lowest BCUT2D eigenvalue weighted by Gasteiger charge is -2.35. The highest BCUT2D eigenvalue weighted by atomic mass is 19.4. The number of halogens is 3. The molecular formula is C18H24F3N3O3. The van der Waals surface area contributed by atoms with E-state index in [0.717, 1.165) is 0 Å². The van der Waals surface area contributed by atoms with Crippen LogP contribution in [0.15, 0.2) is 24.3 Å². The minimum absolute atomic E-state index is 0.00268. The first-order valence-electron chi connectivity index (χ1n) is 8.77. The summed E-state index contributed by atoms with van der Waals surface area (Å²) in [4.78, 5) is 26.4. The Labute approximate surface area is 156 Å². The second-order valence-corrected chi connectivity index (χ2v) is 6.87. The summed E-state index contributed by atoms with van der Waals surface area (Å²) in [6.45, 7) is 6.07. The summed E-state index contributed by atoms with van der Waals surface area (Å²) >= 11 is 0. The molecule has 0 spiro atoms. The highest BCUT2D eigenvalue weighted by Gasteiger charge is 2.32. The van der Waals surface area contributed by atoms with E-state index >= 15 is 0 Å². The fourth-order valence-corrected chi connectivity index (χ4v) is 2.97. The van der Waals surface area contributed by atoms with Crippen LogP contribution >= 0.6 is 0 Å². The van der Waals surface area contributed by atoms with Crippen LogP contribution in [0.5, 0.6) is 5.75 Å². The average Bonchev–Trinajstić information content (AvgIpc) is 2.54. The van der Waals surface area contributed by atoms with Crippen LogP contribution in [0.2, 0.25) is 0 Å². The minimum Gasteiger partial charge on any atom is -0.406 e. The van der Waals surface area contributed by atoms with Gasteiger partial charge in [-0.15, -0.1) is 13.2 Å². The SMILES string of the molecule is CC(C)CN1CCNC(=O)C1CC(=O)NCc1cccc(OC(F)(F)F)c1. The van der Waals surface area contributed by atoms with Crippen molar-refractivity contribution in [3.8, 4) is 5.75 Å². The highest BCUT2D eigenvalue weighted by Crippen LogP contribution is 2.23. The van der Waals surface area contributed by atoms with E-state index in [2.05, 4.69) is 15.4 Å². The Kier molecular flexibility index (Phi) is 7.06. The summed E-state index contributed by atoms with van der Waals surface area (Å²) in [5.74, 6) is -0.507. The third kappa shape index (κ3) is 7.09. The summed E-state index contributed by atoms with van der Waals surface area (Å²) in [5, 5.41) is 5.41. The van der Waals surface area contributed by atoms with E-state index in [1.807, 2.05) is 18.7 Å². The molecule has 27 heavy (non-hydrogen) atoms. The molecule has 0 saturated carbocycles. The quantitative estimate of drug-likeness (QED) is 0.751. The molecule has 150 valence electrons. The van der Waals surface area contributed by atoms with Gasteiger partial charge in [-0.25, -0.2) is 0 Å². The lowest BCUT2D eigenvalue weighted by molar-refractivity contribution is -0.274. The van der Waals surface area contributed by atoms with Gasteiger partial charge in [0.1, 0.15) is 5.75 Å². The standard InChI is InChI=1S/C18H24F3N3O3/c1-12(2)11-24-7-6-22-17(26)15(24)9-16(25)23-10-13-4-3-5-14(8-13)27-18(19,20)21/h3-5,8,12,15H,6-7,9-11H2,1-2H3,(H,22,26)(H,23,25). The van der Waals surface area contributed by atoms with Gasteiger partial charge in [-0.2, -0.15) is 0 Å². The van der Waals surface area contributed by atoms with Crippen LogP contribution in [-0.4, -0.2) is 48.8 Å². The molecule has 1 fully saturated rings. The van der Waals surface area contributed by atoms with Gasteiger partial charge in [0.15, 0.2) is 0 Å². The first kappa shape index (κ1) is 21.0. The number of hydrogen-bond acceptors (Lipinski definition) is 4. The molecule has 1 unspecified atom stereocenters. The van der Waals surface area contributed by atoms with E-state index in [1.54, 1.807) is 6.07 Å². The zero-order chi connectivity index (χ0) is 20.0. The number of nitrogens with one attached hydrogen (secondary N) is 2. The Morgan fingerprint density at radius 2 is 2.15 bits per heavy atom. The number of ether oxygens (including phenoxy) is 1. The molecule has 1 heterocycles. The molecule has 1 atom stereocenters. The van der Waals surface area contributed by atoms with Crippen LogP contribution in [0.3, 0.4) is 0 Å². The number of piperazine rings is 1. The summed E-state index contributed by atoms with van der Waals surface area (Å²) < 4.78 is 40.7. The van der Waals surface area contributed by atoms with Crippen LogP contribution < -0.4 is 15.4 Å². The summed E-state index contributed by atoms with van der Waals surface area (Å²) in [5.41, 5.74) is 0.470. The van der Waals surface area contributed by atoms with Gasteiger partial charge < -0.3 is 15.4 Å². The number of hydrogen-bond donors (Lipinski definition) is 2. The van der Waals surface area contributed by atoms with E-state index in [0.29, 0.717) is 31.1 Å². The fraction of sp³-hybridized carbons (Fsp3) is 0.556. The predicted molar refractivity (Wildman–Crippen MR) is 92.8 cm³/mol. The number of carbonyl (C=O) groups excluding carboxylic acids is 2. The molecule has 1 aromatic carbocycles. The fourth-order valence-electron chi connectivity index (χ4n) is 2.97. The predicted octanol–water partition coefficient (Wildman–Crippen LogP) is 2.05. The monoisotopic (exact) mass is 387 g/mol. The first-order valence-corrected chi connectivity index (χ1v) is 8.77.